The number of hydrogen-bond donors (Lipinski definition) is 1. The number of nitrogens with zero attached hydrogens (tertiary/aromatic N) is 1. The van der Waals surface area contributed by atoms with E-state index < -0.39 is 17.7 Å². The largest absolute Gasteiger partial charge is 0.507 e. The molecular weight excluding hydrogens is 482 g/mol. The summed E-state index contributed by atoms with van der Waals surface area (Å²) >= 11 is 6.27. The summed E-state index contributed by atoms with van der Waals surface area (Å²) in [5.41, 5.74) is 1.26. The number of hydrogen-bond acceptors (Lipinski definition) is 6. The van der Waals surface area contributed by atoms with E-state index in [1.807, 2.05) is 13.8 Å². The van der Waals surface area contributed by atoms with E-state index >= 15 is 0 Å². The number of aliphatic hydroxyl groups excluding tert-OH is 1. The van der Waals surface area contributed by atoms with Gasteiger partial charge in [0.2, 0.25) is 0 Å². The zero-order chi connectivity index (χ0) is 26.0. The summed E-state index contributed by atoms with van der Waals surface area (Å²) in [6.07, 6.45) is -0.0774. The van der Waals surface area contributed by atoms with Crippen LogP contribution in [0.25, 0.3) is 5.76 Å². The topological polar surface area (TPSA) is 85.3 Å². The van der Waals surface area contributed by atoms with Crippen molar-refractivity contribution in [2.45, 2.75) is 26.0 Å². The molecular formula is C28H26ClNO6. The van der Waals surface area contributed by atoms with E-state index in [9.17, 15) is 14.7 Å². The van der Waals surface area contributed by atoms with Gasteiger partial charge in [-0.1, -0.05) is 29.8 Å². The standard InChI is InChI=1S/C28H26ClNO6/c1-16(2)36-21-10-5-7-17(13-21)25-24(26(31)18-11-12-23(35-4)22(29)14-18)27(32)28(33)30(25)19-8-6-9-20(15-19)34-3/h5-16,25,31H,1-4H3/b26-24+. The van der Waals surface area contributed by atoms with Gasteiger partial charge in [-0.15, -0.1) is 0 Å². The van der Waals surface area contributed by atoms with E-state index in [-0.39, 0.29) is 28.0 Å². The molecule has 1 aliphatic heterocycles. The van der Waals surface area contributed by atoms with E-state index in [0.29, 0.717) is 28.5 Å². The number of rotatable bonds is 7. The van der Waals surface area contributed by atoms with Crippen molar-refractivity contribution in [1.82, 2.24) is 0 Å². The zero-order valence-corrected chi connectivity index (χ0v) is 21.1. The van der Waals surface area contributed by atoms with Gasteiger partial charge >= 0.3 is 0 Å². The average Bonchev–Trinajstić information content (AvgIpc) is 3.13. The predicted octanol–water partition coefficient (Wildman–Crippen LogP) is 5.77. The van der Waals surface area contributed by atoms with Crippen molar-refractivity contribution in [2.24, 2.45) is 0 Å². The number of carbonyl (C=O) groups is 2. The Hall–Kier alpha value is -3.97. The van der Waals surface area contributed by atoms with Gasteiger partial charge in [-0.25, -0.2) is 0 Å². The van der Waals surface area contributed by atoms with Crippen molar-refractivity contribution in [1.29, 1.82) is 0 Å². The highest BCUT2D eigenvalue weighted by Crippen LogP contribution is 2.44. The molecule has 1 atom stereocenters. The molecule has 1 aliphatic rings. The second kappa shape index (κ2) is 10.3. The van der Waals surface area contributed by atoms with Crippen LogP contribution >= 0.6 is 11.6 Å². The second-order valence-corrected chi connectivity index (χ2v) is 8.87. The van der Waals surface area contributed by atoms with Gasteiger partial charge in [0, 0.05) is 17.3 Å². The maximum atomic E-state index is 13.4. The summed E-state index contributed by atoms with van der Waals surface area (Å²) in [4.78, 5) is 28.1. The SMILES string of the molecule is COc1cccc(N2C(=O)C(=O)/C(=C(/O)c3ccc(OC)c(Cl)c3)C2c2cccc(OC(C)C)c2)c1. The average molecular weight is 508 g/mol. The first kappa shape index (κ1) is 25.1. The van der Waals surface area contributed by atoms with Gasteiger partial charge in [-0.05, 0) is 61.9 Å². The van der Waals surface area contributed by atoms with Gasteiger partial charge in [0.05, 0.1) is 37.0 Å². The van der Waals surface area contributed by atoms with Crippen molar-refractivity contribution < 1.29 is 28.9 Å². The van der Waals surface area contributed by atoms with Gasteiger partial charge < -0.3 is 19.3 Å². The van der Waals surface area contributed by atoms with Crippen molar-refractivity contribution in [3.05, 3.63) is 88.5 Å². The normalized spacial score (nSPS) is 16.9. The second-order valence-electron chi connectivity index (χ2n) is 8.46. The van der Waals surface area contributed by atoms with E-state index in [4.69, 9.17) is 25.8 Å². The number of methoxy groups -OCH3 is 2. The summed E-state index contributed by atoms with van der Waals surface area (Å²) in [7, 11) is 3.00. The van der Waals surface area contributed by atoms with E-state index in [0.717, 1.165) is 0 Å². The molecule has 0 spiro atoms. The summed E-state index contributed by atoms with van der Waals surface area (Å²) < 4.78 is 16.4. The molecule has 1 heterocycles. The highest BCUT2D eigenvalue weighted by Gasteiger charge is 2.47. The Morgan fingerprint density at radius 2 is 1.67 bits per heavy atom. The van der Waals surface area contributed by atoms with Gasteiger partial charge in [-0.3, -0.25) is 14.5 Å². The van der Waals surface area contributed by atoms with Crippen LogP contribution in [-0.4, -0.2) is 37.1 Å². The van der Waals surface area contributed by atoms with Crippen LogP contribution in [0, 0.1) is 0 Å². The number of aliphatic hydroxyl groups is 1. The molecule has 36 heavy (non-hydrogen) atoms. The monoisotopic (exact) mass is 507 g/mol. The third-order valence-corrected chi connectivity index (χ3v) is 6.04. The van der Waals surface area contributed by atoms with E-state index in [1.54, 1.807) is 60.7 Å². The fourth-order valence-electron chi connectivity index (χ4n) is 4.17. The summed E-state index contributed by atoms with van der Waals surface area (Å²) in [5, 5.41) is 11.6. The molecule has 0 aliphatic carbocycles. The third-order valence-electron chi connectivity index (χ3n) is 5.75. The summed E-state index contributed by atoms with van der Waals surface area (Å²) in [6.45, 7) is 3.81. The molecule has 8 heteroatoms. The van der Waals surface area contributed by atoms with Crippen LogP contribution in [0.5, 0.6) is 17.2 Å². The molecule has 0 aromatic heterocycles. The molecule has 186 valence electrons. The molecule has 0 radical (unpaired) electrons. The lowest BCUT2D eigenvalue weighted by molar-refractivity contribution is -0.132. The van der Waals surface area contributed by atoms with Gasteiger partial charge in [0.15, 0.2) is 0 Å². The number of anilines is 1. The fourth-order valence-corrected chi connectivity index (χ4v) is 4.43. The van der Waals surface area contributed by atoms with E-state index in [2.05, 4.69) is 0 Å². The molecule has 7 nitrogen and oxygen atoms in total. The lowest BCUT2D eigenvalue weighted by Gasteiger charge is -2.26. The third kappa shape index (κ3) is 4.75. The van der Waals surface area contributed by atoms with E-state index in [1.165, 1.54) is 25.2 Å². The van der Waals surface area contributed by atoms with Crippen LogP contribution in [-0.2, 0) is 9.59 Å². The first-order chi connectivity index (χ1) is 17.2. The quantitative estimate of drug-likeness (QED) is 0.248. The Kier molecular flexibility index (Phi) is 7.22. The highest BCUT2D eigenvalue weighted by molar-refractivity contribution is 6.51. The van der Waals surface area contributed by atoms with Crippen LogP contribution in [0.15, 0.2) is 72.3 Å². The first-order valence-corrected chi connectivity index (χ1v) is 11.7. The van der Waals surface area contributed by atoms with Crippen LogP contribution in [0.3, 0.4) is 0 Å². The molecule has 1 unspecified atom stereocenters. The van der Waals surface area contributed by atoms with Crippen LogP contribution in [0.2, 0.25) is 5.02 Å². The number of ketones is 1. The van der Waals surface area contributed by atoms with Crippen molar-refractivity contribution in [3.8, 4) is 17.2 Å². The number of carbonyl (C=O) groups excluding carboxylic acids is 2. The minimum absolute atomic E-state index is 0.0641. The number of Topliss-reactive ketones (excluding diaryl/α,β-unsaturated/α-hetero) is 1. The van der Waals surface area contributed by atoms with Crippen molar-refractivity contribution in [3.63, 3.8) is 0 Å². The maximum absolute atomic E-state index is 13.4. The Morgan fingerprint density at radius 1 is 0.944 bits per heavy atom. The predicted molar refractivity (Wildman–Crippen MR) is 138 cm³/mol. The van der Waals surface area contributed by atoms with Crippen molar-refractivity contribution >= 4 is 34.7 Å². The Labute approximate surface area is 214 Å². The molecule has 3 aromatic carbocycles. The Bertz CT molecular complexity index is 1350. The van der Waals surface area contributed by atoms with Gasteiger partial charge in [0.1, 0.15) is 23.0 Å². The lowest BCUT2D eigenvalue weighted by Crippen LogP contribution is -2.29. The van der Waals surface area contributed by atoms with Gasteiger partial charge in [0.25, 0.3) is 11.7 Å². The highest BCUT2D eigenvalue weighted by atomic mass is 35.5. The molecule has 1 N–H and O–H groups in total. The Balaban J connectivity index is 1.94. The molecule has 1 amide bonds. The van der Waals surface area contributed by atoms with Crippen LogP contribution in [0.1, 0.15) is 31.0 Å². The number of ether oxygens (including phenoxy) is 3. The molecule has 0 bridgehead atoms. The first-order valence-electron chi connectivity index (χ1n) is 11.3. The minimum Gasteiger partial charge on any atom is -0.507 e. The lowest BCUT2D eigenvalue weighted by atomic mass is 9.95. The Morgan fingerprint density at radius 3 is 2.33 bits per heavy atom. The zero-order valence-electron chi connectivity index (χ0n) is 20.3. The molecule has 0 saturated carbocycles. The summed E-state index contributed by atoms with van der Waals surface area (Å²) in [5.74, 6) is -0.422. The van der Waals surface area contributed by atoms with Crippen LogP contribution < -0.4 is 19.1 Å². The molecule has 1 saturated heterocycles. The van der Waals surface area contributed by atoms with Crippen molar-refractivity contribution in [2.75, 3.05) is 19.1 Å². The molecule has 3 aromatic rings. The maximum Gasteiger partial charge on any atom is 0.300 e. The summed E-state index contributed by atoms with van der Waals surface area (Å²) in [6, 6.07) is 17.7. The molecule has 1 fully saturated rings. The van der Waals surface area contributed by atoms with Gasteiger partial charge in [-0.2, -0.15) is 0 Å². The minimum atomic E-state index is -0.923. The number of amides is 1. The smallest absolute Gasteiger partial charge is 0.300 e. The molecule has 4 rings (SSSR count). The number of benzene rings is 3. The number of halogens is 1. The fraction of sp³-hybridized carbons (Fsp3) is 0.214. The van der Waals surface area contributed by atoms with Crippen LogP contribution in [0.4, 0.5) is 5.69 Å².